The highest BCUT2D eigenvalue weighted by atomic mass is 19.4. The first-order chi connectivity index (χ1) is 5.99. The van der Waals surface area contributed by atoms with Crippen LogP contribution >= 0.6 is 0 Å². The van der Waals surface area contributed by atoms with E-state index in [1.807, 2.05) is 0 Å². The summed E-state index contributed by atoms with van der Waals surface area (Å²) < 4.78 is 35.6. The number of nitrogens with zero attached hydrogens (tertiary/aromatic N) is 4. The van der Waals surface area contributed by atoms with Crippen LogP contribution in [0.4, 0.5) is 13.2 Å². The number of likely N-dealkylation sites (N-methyl/N-ethyl adjacent to an activating group) is 1. The highest BCUT2D eigenvalue weighted by Crippen LogP contribution is 2.15. The molecule has 0 aromatic rings. The minimum atomic E-state index is -4.19. The number of hydrogen-bond donors (Lipinski definition) is 0. The van der Waals surface area contributed by atoms with Gasteiger partial charge in [-0.2, -0.15) is 13.2 Å². The maximum atomic E-state index is 11.9. The third-order valence-electron chi connectivity index (χ3n) is 1.43. The second kappa shape index (κ2) is 5.66. The van der Waals surface area contributed by atoms with Gasteiger partial charge in [-0.25, -0.2) is 0 Å². The first kappa shape index (κ1) is 12.1. The Hall–Kier alpha value is -0.940. The molecule has 0 aliphatic rings. The summed E-state index contributed by atoms with van der Waals surface area (Å²) in [6.45, 7) is 1.17. The van der Waals surface area contributed by atoms with E-state index >= 15 is 0 Å². The maximum absolute atomic E-state index is 11.9. The molecule has 4 nitrogen and oxygen atoms in total. The Morgan fingerprint density at radius 2 is 2.08 bits per heavy atom. The molecule has 13 heavy (non-hydrogen) atoms. The molecule has 7 heteroatoms. The predicted octanol–water partition coefficient (Wildman–Crippen LogP) is 2.18. The second-order valence-electron chi connectivity index (χ2n) is 2.44. The van der Waals surface area contributed by atoms with Crippen molar-refractivity contribution in [3.63, 3.8) is 0 Å². The molecular weight excluding hydrogens is 185 g/mol. The van der Waals surface area contributed by atoms with Crippen molar-refractivity contribution >= 4 is 0 Å². The van der Waals surface area contributed by atoms with Crippen LogP contribution in [0.25, 0.3) is 10.4 Å². The Morgan fingerprint density at radius 3 is 2.46 bits per heavy atom. The fraction of sp³-hybridized carbons (Fsp3) is 1.00. The lowest BCUT2D eigenvalue weighted by molar-refractivity contribution is -0.145. The number of alkyl halides is 3. The molecule has 0 bridgehead atoms. The predicted molar refractivity (Wildman–Crippen MR) is 42.2 cm³/mol. The van der Waals surface area contributed by atoms with Crippen LogP contribution in [0.1, 0.15) is 6.92 Å². The van der Waals surface area contributed by atoms with E-state index < -0.39 is 12.7 Å². The van der Waals surface area contributed by atoms with Crippen molar-refractivity contribution in [3.05, 3.63) is 10.4 Å². The van der Waals surface area contributed by atoms with Crippen LogP contribution in [-0.2, 0) is 0 Å². The molecule has 0 N–H and O–H groups in total. The van der Waals surface area contributed by atoms with Gasteiger partial charge < -0.3 is 0 Å². The summed E-state index contributed by atoms with van der Waals surface area (Å²) in [4.78, 5) is 3.63. The molecule has 0 aliphatic heterocycles. The first-order valence-corrected chi connectivity index (χ1v) is 3.79. The molecular formula is C6H11F3N4. The van der Waals surface area contributed by atoms with Gasteiger partial charge in [-0.3, -0.25) is 4.90 Å². The maximum Gasteiger partial charge on any atom is 0.401 e. The second-order valence-corrected chi connectivity index (χ2v) is 2.44. The van der Waals surface area contributed by atoms with Crippen molar-refractivity contribution in [3.8, 4) is 0 Å². The summed E-state index contributed by atoms with van der Waals surface area (Å²) in [7, 11) is 0. The summed E-state index contributed by atoms with van der Waals surface area (Å²) >= 11 is 0. The van der Waals surface area contributed by atoms with Crippen molar-refractivity contribution in [1.82, 2.24) is 4.90 Å². The van der Waals surface area contributed by atoms with Crippen LogP contribution in [-0.4, -0.2) is 37.3 Å². The van der Waals surface area contributed by atoms with Crippen molar-refractivity contribution in [1.29, 1.82) is 0 Å². The molecule has 0 fully saturated rings. The third-order valence-corrected chi connectivity index (χ3v) is 1.43. The minimum Gasteiger partial charge on any atom is -0.295 e. The van der Waals surface area contributed by atoms with Gasteiger partial charge in [-0.05, 0) is 12.1 Å². The Balaban J connectivity index is 3.82. The average molecular weight is 196 g/mol. The van der Waals surface area contributed by atoms with Crippen LogP contribution < -0.4 is 0 Å². The van der Waals surface area contributed by atoms with E-state index in [2.05, 4.69) is 10.0 Å². The van der Waals surface area contributed by atoms with Crippen molar-refractivity contribution in [2.24, 2.45) is 5.11 Å². The third kappa shape index (κ3) is 7.42. The molecule has 0 aromatic carbocycles. The zero-order valence-corrected chi connectivity index (χ0v) is 7.25. The van der Waals surface area contributed by atoms with E-state index in [0.29, 0.717) is 6.54 Å². The Labute approximate surface area is 74.0 Å². The molecule has 0 amide bonds. The monoisotopic (exact) mass is 196 g/mol. The standard InChI is InChI=1S/C6H11F3N4/c1-2-13(4-3-11-12-10)5-6(7,8)9/h2-5H2,1H3. The molecule has 0 saturated heterocycles. The molecule has 0 atom stereocenters. The molecule has 0 unspecified atom stereocenters. The fourth-order valence-electron chi connectivity index (χ4n) is 0.833. The number of rotatable bonds is 5. The van der Waals surface area contributed by atoms with E-state index in [1.165, 1.54) is 4.90 Å². The first-order valence-electron chi connectivity index (χ1n) is 3.79. The Bertz CT molecular complexity index is 185. The quantitative estimate of drug-likeness (QED) is 0.377. The van der Waals surface area contributed by atoms with Gasteiger partial charge >= 0.3 is 6.18 Å². The van der Waals surface area contributed by atoms with Gasteiger partial charge in [0.05, 0.1) is 6.54 Å². The van der Waals surface area contributed by atoms with E-state index in [0.717, 1.165) is 0 Å². The molecule has 0 spiro atoms. The van der Waals surface area contributed by atoms with Gasteiger partial charge in [-0.15, -0.1) is 0 Å². The molecule has 0 aromatic heterocycles. The molecule has 0 saturated carbocycles. The van der Waals surface area contributed by atoms with Gasteiger partial charge in [0.15, 0.2) is 0 Å². The van der Waals surface area contributed by atoms with Crippen LogP contribution in [0.2, 0.25) is 0 Å². The average Bonchev–Trinajstić information content (AvgIpc) is 2.01. The van der Waals surface area contributed by atoms with Gasteiger partial charge in [0.25, 0.3) is 0 Å². The molecule has 0 rings (SSSR count). The number of azide groups is 1. The Kier molecular flexibility index (Phi) is 5.25. The van der Waals surface area contributed by atoms with E-state index in [-0.39, 0.29) is 13.1 Å². The summed E-state index contributed by atoms with van der Waals surface area (Å²) in [5, 5.41) is 3.16. The summed E-state index contributed by atoms with van der Waals surface area (Å²) in [6.07, 6.45) is -4.19. The lowest BCUT2D eigenvalue weighted by Crippen LogP contribution is -2.35. The smallest absolute Gasteiger partial charge is 0.295 e. The Morgan fingerprint density at radius 1 is 1.46 bits per heavy atom. The lowest BCUT2D eigenvalue weighted by Gasteiger charge is -2.20. The van der Waals surface area contributed by atoms with Gasteiger partial charge in [-0.1, -0.05) is 12.0 Å². The van der Waals surface area contributed by atoms with Gasteiger partial charge in [0, 0.05) is 18.0 Å². The fourth-order valence-corrected chi connectivity index (χ4v) is 0.833. The highest BCUT2D eigenvalue weighted by Gasteiger charge is 2.29. The summed E-state index contributed by atoms with van der Waals surface area (Å²) in [6, 6.07) is 0. The molecule has 0 aliphatic carbocycles. The molecule has 0 heterocycles. The molecule has 76 valence electrons. The van der Waals surface area contributed by atoms with Crippen LogP contribution in [0.3, 0.4) is 0 Å². The van der Waals surface area contributed by atoms with E-state index in [4.69, 9.17) is 5.53 Å². The zero-order chi connectivity index (χ0) is 10.3. The van der Waals surface area contributed by atoms with Crippen LogP contribution in [0.15, 0.2) is 5.11 Å². The van der Waals surface area contributed by atoms with Crippen molar-refractivity contribution in [2.75, 3.05) is 26.2 Å². The van der Waals surface area contributed by atoms with Crippen LogP contribution in [0.5, 0.6) is 0 Å². The van der Waals surface area contributed by atoms with Gasteiger partial charge in [0.1, 0.15) is 0 Å². The SMILES string of the molecule is CCN(CCN=[N+]=[N-])CC(F)(F)F. The van der Waals surface area contributed by atoms with E-state index in [9.17, 15) is 13.2 Å². The molecule has 0 radical (unpaired) electrons. The zero-order valence-electron chi connectivity index (χ0n) is 7.25. The summed E-state index contributed by atoms with van der Waals surface area (Å²) in [5.74, 6) is 0. The van der Waals surface area contributed by atoms with Crippen LogP contribution in [0, 0.1) is 0 Å². The van der Waals surface area contributed by atoms with E-state index in [1.54, 1.807) is 6.92 Å². The largest absolute Gasteiger partial charge is 0.401 e. The minimum absolute atomic E-state index is 0.0699. The van der Waals surface area contributed by atoms with Crippen molar-refractivity contribution < 1.29 is 13.2 Å². The van der Waals surface area contributed by atoms with Gasteiger partial charge in [0.2, 0.25) is 0 Å². The lowest BCUT2D eigenvalue weighted by atomic mass is 10.4. The summed E-state index contributed by atoms with van der Waals surface area (Å²) in [5.41, 5.74) is 7.90. The highest BCUT2D eigenvalue weighted by molar-refractivity contribution is 4.62. The topological polar surface area (TPSA) is 52.0 Å². The van der Waals surface area contributed by atoms with Crippen molar-refractivity contribution in [2.45, 2.75) is 13.1 Å². The number of hydrogen-bond acceptors (Lipinski definition) is 2. The normalized spacial score (nSPS) is 11.5. The number of halogens is 3.